The lowest BCUT2D eigenvalue weighted by atomic mass is 10.0. The molecule has 7 heteroatoms. The van der Waals surface area contributed by atoms with Crippen molar-refractivity contribution in [2.24, 2.45) is 5.11 Å². The van der Waals surface area contributed by atoms with Crippen LogP contribution >= 0.6 is 11.8 Å². The number of azide groups is 1. The summed E-state index contributed by atoms with van der Waals surface area (Å²) in [6.07, 6.45) is -0.350. The van der Waals surface area contributed by atoms with E-state index in [1.807, 2.05) is 37.3 Å². The molecule has 0 aromatic heterocycles. The number of thioether (sulfide) groups is 1. The van der Waals surface area contributed by atoms with Crippen LogP contribution in [0.15, 0.2) is 40.3 Å². The van der Waals surface area contributed by atoms with Crippen LogP contribution in [0, 0.1) is 0 Å². The number of carbonyl (C=O) groups is 1. The molecule has 1 aliphatic heterocycles. The van der Waals surface area contributed by atoms with Crippen LogP contribution in [0.25, 0.3) is 10.4 Å². The summed E-state index contributed by atoms with van der Waals surface area (Å²) < 4.78 is 11.1. The molecule has 1 heterocycles. The predicted octanol–water partition coefficient (Wildman–Crippen LogP) is 3.52. The van der Waals surface area contributed by atoms with Gasteiger partial charge in [-0.25, -0.2) is 0 Å². The Bertz CT molecular complexity index is 534. The first-order valence-electron chi connectivity index (χ1n) is 6.68. The Kier molecular flexibility index (Phi) is 5.50. The predicted molar refractivity (Wildman–Crippen MR) is 79.7 cm³/mol. The lowest BCUT2D eigenvalue weighted by Gasteiger charge is -2.37. The lowest BCUT2D eigenvalue weighted by molar-refractivity contribution is -0.163. The van der Waals surface area contributed by atoms with E-state index in [1.165, 1.54) is 6.92 Å². The van der Waals surface area contributed by atoms with Crippen molar-refractivity contribution >= 4 is 17.7 Å². The SMILES string of the molecule is CC(=O)O[C@H]1[C@@H](N=[N+]=[N-])CC(Sc2ccccc2)O[C@H]1C. The highest BCUT2D eigenvalue weighted by Gasteiger charge is 2.38. The number of rotatable bonds is 4. The van der Waals surface area contributed by atoms with Crippen LogP contribution in [0.4, 0.5) is 0 Å². The first kappa shape index (κ1) is 15.7. The third kappa shape index (κ3) is 4.39. The van der Waals surface area contributed by atoms with Gasteiger partial charge in [0.15, 0.2) is 0 Å². The molecule has 0 N–H and O–H groups in total. The summed E-state index contributed by atoms with van der Waals surface area (Å²) >= 11 is 1.57. The van der Waals surface area contributed by atoms with E-state index >= 15 is 0 Å². The summed E-state index contributed by atoms with van der Waals surface area (Å²) in [5, 5.41) is 3.77. The minimum Gasteiger partial charge on any atom is -0.459 e. The zero-order valence-corrected chi connectivity index (χ0v) is 12.7. The number of hydrogen-bond donors (Lipinski definition) is 0. The Balaban J connectivity index is 2.08. The fourth-order valence-corrected chi connectivity index (χ4v) is 3.43. The van der Waals surface area contributed by atoms with Crippen molar-refractivity contribution in [1.82, 2.24) is 0 Å². The topological polar surface area (TPSA) is 84.3 Å². The van der Waals surface area contributed by atoms with E-state index in [1.54, 1.807) is 11.8 Å². The number of nitrogens with zero attached hydrogens (tertiary/aromatic N) is 3. The molecule has 0 bridgehead atoms. The van der Waals surface area contributed by atoms with Crippen molar-refractivity contribution in [2.45, 2.75) is 48.8 Å². The maximum Gasteiger partial charge on any atom is 0.303 e. The molecule has 4 atom stereocenters. The van der Waals surface area contributed by atoms with Gasteiger partial charge in [0.05, 0.1) is 12.1 Å². The second-order valence-corrected chi connectivity index (χ2v) is 6.02. The highest BCUT2D eigenvalue weighted by molar-refractivity contribution is 7.99. The third-order valence-electron chi connectivity index (χ3n) is 3.15. The second-order valence-electron chi connectivity index (χ2n) is 4.78. The second kappa shape index (κ2) is 7.36. The molecule has 6 nitrogen and oxygen atoms in total. The molecule has 1 unspecified atom stereocenters. The molecule has 1 saturated heterocycles. The number of carbonyl (C=O) groups excluding carboxylic acids is 1. The summed E-state index contributed by atoms with van der Waals surface area (Å²) in [4.78, 5) is 15.1. The van der Waals surface area contributed by atoms with Crippen molar-refractivity contribution < 1.29 is 14.3 Å². The van der Waals surface area contributed by atoms with Gasteiger partial charge in [0.2, 0.25) is 0 Å². The van der Waals surface area contributed by atoms with E-state index in [0.29, 0.717) is 6.42 Å². The normalized spacial score (nSPS) is 28.5. The van der Waals surface area contributed by atoms with Gasteiger partial charge in [0.1, 0.15) is 11.5 Å². The largest absolute Gasteiger partial charge is 0.459 e. The molecule has 0 aliphatic carbocycles. The van der Waals surface area contributed by atoms with Crippen molar-refractivity contribution in [2.75, 3.05) is 0 Å². The van der Waals surface area contributed by atoms with Gasteiger partial charge < -0.3 is 9.47 Å². The molecule has 2 rings (SSSR count). The fourth-order valence-electron chi connectivity index (χ4n) is 2.29. The molecule has 0 spiro atoms. The molecule has 0 amide bonds. The molecule has 1 aromatic rings. The summed E-state index contributed by atoms with van der Waals surface area (Å²) in [5.74, 6) is -0.400. The van der Waals surface area contributed by atoms with E-state index in [0.717, 1.165) is 4.90 Å². The zero-order chi connectivity index (χ0) is 15.2. The maximum atomic E-state index is 11.2. The number of esters is 1. The monoisotopic (exact) mass is 307 g/mol. The Labute approximate surface area is 127 Å². The Hall–Kier alpha value is -1.69. The first-order chi connectivity index (χ1) is 10.1. The van der Waals surface area contributed by atoms with Crippen LogP contribution in [0.3, 0.4) is 0 Å². The third-order valence-corrected chi connectivity index (χ3v) is 4.27. The van der Waals surface area contributed by atoms with Crippen molar-refractivity contribution in [3.05, 3.63) is 40.8 Å². The highest BCUT2D eigenvalue weighted by atomic mass is 32.2. The van der Waals surface area contributed by atoms with Gasteiger partial charge >= 0.3 is 5.97 Å². The fraction of sp³-hybridized carbons (Fsp3) is 0.500. The Morgan fingerprint density at radius 1 is 1.48 bits per heavy atom. The summed E-state index contributed by atoms with van der Waals surface area (Å²) in [7, 11) is 0. The molecule has 1 aromatic carbocycles. The van der Waals surface area contributed by atoms with Gasteiger partial charge in [-0.05, 0) is 31.0 Å². The summed E-state index contributed by atoms with van der Waals surface area (Å²) in [6, 6.07) is 9.46. The zero-order valence-electron chi connectivity index (χ0n) is 11.9. The molecular weight excluding hydrogens is 290 g/mol. The van der Waals surface area contributed by atoms with E-state index in [9.17, 15) is 4.79 Å². The number of ether oxygens (including phenoxy) is 2. The van der Waals surface area contributed by atoms with Gasteiger partial charge in [0.25, 0.3) is 0 Å². The average Bonchev–Trinajstić information content (AvgIpc) is 2.44. The minimum atomic E-state index is -0.536. The van der Waals surface area contributed by atoms with Crippen LogP contribution in [0.2, 0.25) is 0 Å². The van der Waals surface area contributed by atoms with Gasteiger partial charge in [-0.15, -0.1) is 0 Å². The molecule has 1 fully saturated rings. The summed E-state index contributed by atoms with van der Waals surface area (Å²) in [6.45, 7) is 3.16. The lowest BCUT2D eigenvalue weighted by Crippen LogP contribution is -2.47. The number of benzene rings is 1. The minimum absolute atomic E-state index is 0.135. The molecule has 21 heavy (non-hydrogen) atoms. The van der Waals surface area contributed by atoms with Crippen LogP contribution < -0.4 is 0 Å². The van der Waals surface area contributed by atoms with E-state index in [4.69, 9.17) is 15.0 Å². The van der Waals surface area contributed by atoms with Crippen LogP contribution in [0.1, 0.15) is 20.3 Å². The quantitative estimate of drug-likeness (QED) is 0.368. The molecular formula is C14H17N3O3S. The highest BCUT2D eigenvalue weighted by Crippen LogP contribution is 2.34. The van der Waals surface area contributed by atoms with Crippen LogP contribution in [0.5, 0.6) is 0 Å². The smallest absolute Gasteiger partial charge is 0.303 e. The van der Waals surface area contributed by atoms with E-state index in [-0.39, 0.29) is 11.5 Å². The van der Waals surface area contributed by atoms with Gasteiger partial charge in [-0.1, -0.05) is 35.1 Å². The van der Waals surface area contributed by atoms with Crippen LogP contribution in [-0.2, 0) is 14.3 Å². The van der Waals surface area contributed by atoms with Crippen molar-refractivity contribution in [3.63, 3.8) is 0 Å². The summed E-state index contributed by atoms with van der Waals surface area (Å²) in [5.41, 5.74) is 8.57. The first-order valence-corrected chi connectivity index (χ1v) is 7.56. The van der Waals surface area contributed by atoms with Crippen LogP contribution in [-0.4, -0.2) is 29.7 Å². The van der Waals surface area contributed by atoms with E-state index < -0.39 is 18.1 Å². The van der Waals surface area contributed by atoms with Crippen molar-refractivity contribution in [3.8, 4) is 0 Å². The standard InChI is InChI=1S/C14H17N3O3S/c1-9-14(20-10(2)18)12(16-17-15)8-13(19-9)21-11-6-4-3-5-7-11/h3-7,9,12-14H,8H2,1-2H3/t9-,12-,13?,14+/m0/s1. The molecule has 0 radical (unpaired) electrons. The van der Waals surface area contributed by atoms with Gasteiger partial charge in [0, 0.05) is 16.7 Å². The number of hydrogen-bond acceptors (Lipinski definition) is 5. The Morgan fingerprint density at radius 2 is 2.19 bits per heavy atom. The maximum absolute atomic E-state index is 11.2. The average molecular weight is 307 g/mol. The van der Waals surface area contributed by atoms with Gasteiger partial charge in [-0.2, -0.15) is 0 Å². The molecule has 112 valence electrons. The van der Waals surface area contributed by atoms with Gasteiger partial charge in [-0.3, -0.25) is 4.79 Å². The van der Waals surface area contributed by atoms with E-state index in [2.05, 4.69) is 10.0 Å². The van der Waals surface area contributed by atoms with Crippen molar-refractivity contribution in [1.29, 1.82) is 0 Å². The Morgan fingerprint density at radius 3 is 2.81 bits per heavy atom. The molecule has 1 aliphatic rings. The molecule has 0 saturated carbocycles.